The van der Waals surface area contributed by atoms with E-state index in [0.29, 0.717) is 22.7 Å². The predicted molar refractivity (Wildman–Crippen MR) is 82.6 cm³/mol. The van der Waals surface area contributed by atoms with Gasteiger partial charge in [-0.3, -0.25) is 0 Å². The molecule has 0 spiro atoms. The van der Waals surface area contributed by atoms with Gasteiger partial charge in [-0.2, -0.15) is 10.1 Å². The zero-order valence-corrected chi connectivity index (χ0v) is 12.6. The third-order valence-corrected chi connectivity index (χ3v) is 2.92. The molecule has 0 saturated heterocycles. The normalized spacial score (nSPS) is 10.7. The molecule has 1 aromatic heterocycles. The first-order chi connectivity index (χ1) is 9.54. The predicted octanol–water partition coefficient (Wildman–Crippen LogP) is 3.64. The number of aromatic nitrogens is 3. The van der Waals surface area contributed by atoms with E-state index >= 15 is 0 Å². The maximum absolute atomic E-state index is 6.00. The monoisotopic (exact) mass is 291 g/mol. The first kappa shape index (κ1) is 14.5. The van der Waals surface area contributed by atoms with Gasteiger partial charge in [-0.1, -0.05) is 31.5 Å². The minimum Gasteiger partial charge on any atom is -0.353 e. The minimum absolute atomic E-state index is 0.517. The number of halogens is 1. The van der Waals surface area contributed by atoms with Crippen molar-refractivity contribution in [1.82, 2.24) is 15.2 Å². The van der Waals surface area contributed by atoms with Crippen LogP contribution in [-0.4, -0.2) is 21.7 Å². The Morgan fingerprint density at radius 3 is 2.85 bits per heavy atom. The average Bonchev–Trinajstić information content (AvgIpc) is 2.41. The van der Waals surface area contributed by atoms with Crippen LogP contribution in [0.2, 0.25) is 5.02 Å². The maximum Gasteiger partial charge on any atom is 0.244 e. The average molecular weight is 292 g/mol. The molecule has 1 aromatic carbocycles. The lowest BCUT2D eigenvalue weighted by Crippen LogP contribution is -2.11. The van der Waals surface area contributed by atoms with Gasteiger partial charge in [0.1, 0.15) is 0 Å². The fourth-order valence-electron chi connectivity index (χ4n) is 1.60. The molecule has 0 aliphatic carbocycles. The second-order valence-electron chi connectivity index (χ2n) is 5.02. The number of aryl methyl sites for hydroxylation is 1. The summed E-state index contributed by atoms with van der Waals surface area (Å²) in [6.45, 7) is 7.06. The lowest BCUT2D eigenvalue weighted by atomic mass is 10.2. The molecule has 2 N–H and O–H groups in total. The molecule has 20 heavy (non-hydrogen) atoms. The summed E-state index contributed by atoms with van der Waals surface area (Å²) in [6.07, 6.45) is 1.58. The van der Waals surface area contributed by atoms with Gasteiger partial charge in [0.15, 0.2) is 5.82 Å². The van der Waals surface area contributed by atoms with Crippen LogP contribution in [0.5, 0.6) is 0 Å². The molecule has 0 bridgehead atoms. The topological polar surface area (TPSA) is 62.7 Å². The van der Waals surface area contributed by atoms with Gasteiger partial charge in [0.05, 0.1) is 6.20 Å². The van der Waals surface area contributed by atoms with Crippen LogP contribution in [-0.2, 0) is 0 Å². The smallest absolute Gasteiger partial charge is 0.244 e. The quantitative estimate of drug-likeness (QED) is 0.880. The molecule has 0 unspecified atom stereocenters. The largest absolute Gasteiger partial charge is 0.353 e. The van der Waals surface area contributed by atoms with Crippen LogP contribution in [0.1, 0.15) is 19.4 Å². The van der Waals surface area contributed by atoms with Crippen LogP contribution < -0.4 is 10.6 Å². The van der Waals surface area contributed by atoms with Crippen molar-refractivity contribution < 1.29 is 0 Å². The molecule has 2 aromatic rings. The summed E-state index contributed by atoms with van der Waals surface area (Å²) < 4.78 is 0. The van der Waals surface area contributed by atoms with E-state index in [9.17, 15) is 0 Å². The van der Waals surface area contributed by atoms with Gasteiger partial charge in [0, 0.05) is 17.3 Å². The maximum atomic E-state index is 6.00. The van der Waals surface area contributed by atoms with E-state index in [2.05, 4.69) is 39.7 Å². The number of hydrogen-bond donors (Lipinski definition) is 2. The minimum atomic E-state index is 0.517. The Hall–Kier alpha value is -1.88. The van der Waals surface area contributed by atoms with Crippen LogP contribution in [0.25, 0.3) is 0 Å². The van der Waals surface area contributed by atoms with Crippen LogP contribution in [0.3, 0.4) is 0 Å². The van der Waals surface area contributed by atoms with E-state index in [1.807, 2.05) is 25.1 Å². The van der Waals surface area contributed by atoms with Crippen LogP contribution >= 0.6 is 11.6 Å². The SMILES string of the molecule is Cc1ccc(Cl)cc1Nc1cnnc(NCC(C)C)n1. The second kappa shape index (κ2) is 6.52. The number of anilines is 3. The molecule has 0 aliphatic rings. The van der Waals surface area contributed by atoms with Crippen molar-refractivity contribution in [2.24, 2.45) is 5.92 Å². The first-order valence-corrected chi connectivity index (χ1v) is 6.89. The highest BCUT2D eigenvalue weighted by Crippen LogP contribution is 2.23. The second-order valence-corrected chi connectivity index (χ2v) is 5.46. The molecule has 0 radical (unpaired) electrons. The van der Waals surface area contributed by atoms with Gasteiger partial charge in [-0.05, 0) is 30.5 Å². The summed E-state index contributed by atoms with van der Waals surface area (Å²) in [5.74, 6) is 1.67. The highest BCUT2D eigenvalue weighted by molar-refractivity contribution is 6.30. The van der Waals surface area contributed by atoms with Crippen molar-refractivity contribution in [2.75, 3.05) is 17.2 Å². The first-order valence-electron chi connectivity index (χ1n) is 6.51. The third-order valence-electron chi connectivity index (χ3n) is 2.69. The zero-order chi connectivity index (χ0) is 14.5. The Labute approximate surface area is 123 Å². The van der Waals surface area contributed by atoms with Crippen molar-refractivity contribution in [3.05, 3.63) is 35.0 Å². The molecular formula is C14H18ClN5. The third kappa shape index (κ3) is 4.06. The molecular weight excluding hydrogens is 274 g/mol. The molecule has 106 valence electrons. The molecule has 0 fully saturated rings. The van der Waals surface area contributed by atoms with Crippen molar-refractivity contribution in [3.63, 3.8) is 0 Å². The molecule has 0 atom stereocenters. The van der Waals surface area contributed by atoms with E-state index in [1.54, 1.807) is 6.20 Å². The van der Waals surface area contributed by atoms with E-state index in [1.165, 1.54) is 0 Å². The van der Waals surface area contributed by atoms with Crippen molar-refractivity contribution in [3.8, 4) is 0 Å². The van der Waals surface area contributed by atoms with Gasteiger partial charge in [-0.15, -0.1) is 5.10 Å². The van der Waals surface area contributed by atoms with E-state index in [4.69, 9.17) is 11.6 Å². The molecule has 2 rings (SSSR count). The standard InChI is InChI=1S/C14H18ClN5/c1-9(2)7-16-14-19-13(8-17-20-14)18-12-6-11(15)5-4-10(12)3/h4-6,8-9H,7H2,1-3H3,(H2,16,18,19,20). The van der Waals surface area contributed by atoms with Gasteiger partial charge in [0.2, 0.25) is 5.95 Å². The van der Waals surface area contributed by atoms with E-state index in [-0.39, 0.29) is 0 Å². The lowest BCUT2D eigenvalue weighted by Gasteiger charge is -2.10. The summed E-state index contributed by atoms with van der Waals surface area (Å²) in [6, 6.07) is 5.67. The zero-order valence-electron chi connectivity index (χ0n) is 11.8. The number of nitrogens with one attached hydrogen (secondary N) is 2. The van der Waals surface area contributed by atoms with Crippen molar-refractivity contribution in [1.29, 1.82) is 0 Å². The Bertz CT molecular complexity index is 586. The summed E-state index contributed by atoms with van der Waals surface area (Å²) in [5.41, 5.74) is 2.00. The number of hydrogen-bond acceptors (Lipinski definition) is 5. The number of rotatable bonds is 5. The Balaban J connectivity index is 2.13. The summed E-state index contributed by atoms with van der Waals surface area (Å²) in [7, 11) is 0. The Kier molecular flexibility index (Phi) is 4.74. The van der Waals surface area contributed by atoms with Crippen LogP contribution in [0.15, 0.2) is 24.4 Å². The Morgan fingerprint density at radius 1 is 1.30 bits per heavy atom. The van der Waals surface area contributed by atoms with Crippen molar-refractivity contribution in [2.45, 2.75) is 20.8 Å². The number of nitrogens with zero attached hydrogens (tertiary/aromatic N) is 3. The lowest BCUT2D eigenvalue weighted by molar-refractivity contribution is 0.682. The molecule has 6 heteroatoms. The summed E-state index contributed by atoms with van der Waals surface area (Å²) in [4.78, 5) is 4.37. The number of benzene rings is 1. The molecule has 5 nitrogen and oxygen atoms in total. The van der Waals surface area contributed by atoms with Crippen LogP contribution in [0.4, 0.5) is 17.5 Å². The molecule has 0 saturated carbocycles. The highest BCUT2D eigenvalue weighted by Gasteiger charge is 2.04. The highest BCUT2D eigenvalue weighted by atomic mass is 35.5. The van der Waals surface area contributed by atoms with Gasteiger partial charge in [-0.25, -0.2) is 0 Å². The fourth-order valence-corrected chi connectivity index (χ4v) is 1.77. The van der Waals surface area contributed by atoms with Crippen LogP contribution in [0, 0.1) is 12.8 Å². The molecule has 0 aliphatic heterocycles. The van der Waals surface area contributed by atoms with E-state index < -0.39 is 0 Å². The van der Waals surface area contributed by atoms with Crippen molar-refractivity contribution >= 4 is 29.1 Å². The van der Waals surface area contributed by atoms with Gasteiger partial charge in [0.25, 0.3) is 0 Å². The van der Waals surface area contributed by atoms with E-state index in [0.717, 1.165) is 17.8 Å². The van der Waals surface area contributed by atoms with Gasteiger partial charge < -0.3 is 10.6 Å². The molecule has 1 heterocycles. The van der Waals surface area contributed by atoms with Gasteiger partial charge >= 0.3 is 0 Å². The summed E-state index contributed by atoms with van der Waals surface area (Å²) in [5, 5.41) is 14.9. The summed E-state index contributed by atoms with van der Waals surface area (Å²) >= 11 is 6.00. The molecule has 0 amide bonds. The fraction of sp³-hybridized carbons (Fsp3) is 0.357. The Morgan fingerprint density at radius 2 is 2.10 bits per heavy atom.